The molecule has 29 heavy (non-hydrogen) atoms. The number of hydrogen-bond acceptors (Lipinski definition) is 2. The summed E-state index contributed by atoms with van der Waals surface area (Å²) in [6.45, 7) is 3.03. The van der Waals surface area contributed by atoms with Crippen molar-refractivity contribution in [1.29, 1.82) is 0 Å². The topological polar surface area (TPSA) is 15.3 Å². The molecule has 1 unspecified atom stereocenters. The molecule has 1 aliphatic rings. The highest BCUT2D eigenvalue weighted by Gasteiger charge is 2.27. The van der Waals surface area contributed by atoms with Gasteiger partial charge < -0.3 is 5.32 Å². The van der Waals surface area contributed by atoms with Gasteiger partial charge in [0.1, 0.15) is 0 Å². The Kier molecular flexibility index (Phi) is 6.89. The van der Waals surface area contributed by atoms with Gasteiger partial charge in [0.05, 0.1) is 16.1 Å². The number of rotatable bonds is 6. The van der Waals surface area contributed by atoms with Crippen LogP contribution in [0.4, 0.5) is 0 Å². The van der Waals surface area contributed by atoms with Crippen LogP contribution in [0.3, 0.4) is 0 Å². The maximum atomic E-state index is 6.35. The maximum absolute atomic E-state index is 6.35. The third-order valence-corrected chi connectivity index (χ3v) is 6.45. The van der Waals surface area contributed by atoms with E-state index in [0.29, 0.717) is 16.1 Å². The molecule has 0 aliphatic carbocycles. The molecule has 4 heteroatoms. The zero-order chi connectivity index (χ0) is 20.1. The molecule has 1 aliphatic heterocycles. The van der Waals surface area contributed by atoms with Gasteiger partial charge in [-0.05, 0) is 41.7 Å². The molecule has 0 saturated carbocycles. The van der Waals surface area contributed by atoms with Crippen LogP contribution in [0.5, 0.6) is 0 Å². The quantitative estimate of drug-likeness (QED) is 0.496. The predicted molar refractivity (Wildman–Crippen MR) is 123 cm³/mol. The van der Waals surface area contributed by atoms with Crippen molar-refractivity contribution in [1.82, 2.24) is 10.2 Å². The molecule has 4 rings (SSSR count). The van der Waals surface area contributed by atoms with Gasteiger partial charge in [-0.1, -0.05) is 89.9 Å². The first-order chi connectivity index (χ1) is 14.2. The maximum Gasteiger partial charge on any atom is 0.0602 e. The van der Waals surface area contributed by atoms with Gasteiger partial charge in [0.15, 0.2) is 0 Å². The normalized spacial score (nSPS) is 16.6. The molecule has 1 atom stereocenters. The van der Waals surface area contributed by atoms with E-state index in [1.807, 2.05) is 12.1 Å². The fourth-order valence-electron chi connectivity index (χ4n) is 4.15. The fourth-order valence-corrected chi connectivity index (χ4v) is 4.46. The number of nitrogens with zero attached hydrogens (tertiary/aromatic N) is 1. The third-order valence-electron chi connectivity index (χ3n) is 5.71. The molecular formula is C25H26Cl2N2. The summed E-state index contributed by atoms with van der Waals surface area (Å²) < 4.78 is 0. The van der Waals surface area contributed by atoms with Crippen LogP contribution < -0.4 is 5.32 Å². The van der Waals surface area contributed by atoms with Gasteiger partial charge in [-0.25, -0.2) is 0 Å². The zero-order valence-corrected chi connectivity index (χ0v) is 17.9. The molecule has 0 radical (unpaired) electrons. The van der Waals surface area contributed by atoms with Crippen LogP contribution in [0.2, 0.25) is 10.0 Å². The fraction of sp³-hybridized carbons (Fsp3) is 0.280. The van der Waals surface area contributed by atoms with E-state index >= 15 is 0 Å². The minimum atomic E-state index is 0.195. The van der Waals surface area contributed by atoms with Gasteiger partial charge in [0, 0.05) is 25.7 Å². The molecule has 1 fully saturated rings. The van der Waals surface area contributed by atoms with Crippen LogP contribution in [0.1, 0.15) is 35.6 Å². The van der Waals surface area contributed by atoms with Gasteiger partial charge >= 0.3 is 0 Å². The lowest BCUT2D eigenvalue weighted by atomic mass is 9.94. The van der Waals surface area contributed by atoms with E-state index in [0.717, 1.165) is 32.5 Å². The lowest BCUT2D eigenvalue weighted by Gasteiger charge is -2.38. The first-order valence-corrected chi connectivity index (χ1v) is 11.0. The van der Waals surface area contributed by atoms with E-state index in [1.165, 1.54) is 16.7 Å². The van der Waals surface area contributed by atoms with Gasteiger partial charge in [0.25, 0.3) is 0 Å². The third kappa shape index (κ3) is 5.21. The number of nitrogens with one attached hydrogen (secondary N) is 1. The molecule has 1 N–H and O–H groups in total. The molecular weight excluding hydrogens is 399 g/mol. The highest BCUT2D eigenvalue weighted by Crippen LogP contribution is 2.34. The molecule has 1 saturated heterocycles. The Bertz CT molecular complexity index is 907. The van der Waals surface area contributed by atoms with Crippen molar-refractivity contribution in [2.75, 3.05) is 13.1 Å². The van der Waals surface area contributed by atoms with E-state index in [1.54, 1.807) is 0 Å². The monoisotopic (exact) mass is 424 g/mol. The van der Waals surface area contributed by atoms with Crippen molar-refractivity contribution in [3.63, 3.8) is 0 Å². The zero-order valence-electron chi connectivity index (χ0n) is 16.4. The Hall–Kier alpha value is -1.84. The average Bonchev–Trinajstić information content (AvgIpc) is 2.77. The number of benzene rings is 3. The van der Waals surface area contributed by atoms with E-state index in [-0.39, 0.29) is 6.04 Å². The molecule has 3 aromatic carbocycles. The number of hydrogen-bond donors (Lipinski definition) is 1. The Morgan fingerprint density at radius 3 is 2.10 bits per heavy atom. The van der Waals surface area contributed by atoms with E-state index in [9.17, 15) is 0 Å². The molecule has 150 valence electrons. The van der Waals surface area contributed by atoms with Crippen LogP contribution in [-0.4, -0.2) is 24.0 Å². The van der Waals surface area contributed by atoms with Crippen LogP contribution in [0.15, 0.2) is 78.9 Å². The second kappa shape index (κ2) is 9.77. The Morgan fingerprint density at radius 2 is 1.45 bits per heavy atom. The van der Waals surface area contributed by atoms with Gasteiger partial charge in [-0.2, -0.15) is 0 Å². The molecule has 2 nitrogen and oxygen atoms in total. The van der Waals surface area contributed by atoms with E-state index < -0.39 is 0 Å². The molecule has 0 spiro atoms. The summed E-state index contributed by atoms with van der Waals surface area (Å²) in [5.41, 5.74) is 3.83. The molecule has 3 aromatic rings. The lowest BCUT2D eigenvalue weighted by Crippen LogP contribution is -2.43. The smallest absolute Gasteiger partial charge is 0.0602 e. The average molecular weight is 425 g/mol. The van der Waals surface area contributed by atoms with Crippen LogP contribution >= 0.6 is 23.2 Å². The standard InChI is InChI=1S/C25H26Cl2N2/c26-23-12-11-21(17-24(23)27)25(20-9-5-2-6-10-20)29-15-13-22(14-16-29)28-18-19-7-3-1-4-8-19/h1-12,17,22,25,28H,13-16,18H2. The Morgan fingerprint density at radius 1 is 0.793 bits per heavy atom. The van der Waals surface area contributed by atoms with E-state index in [4.69, 9.17) is 23.2 Å². The number of piperidine rings is 1. The second-order valence-corrected chi connectivity index (χ2v) is 8.48. The summed E-state index contributed by atoms with van der Waals surface area (Å²) in [6.07, 6.45) is 2.27. The van der Waals surface area contributed by atoms with Crippen LogP contribution in [0.25, 0.3) is 0 Å². The summed E-state index contributed by atoms with van der Waals surface area (Å²) in [6, 6.07) is 28.1. The van der Waals surface area contributed by atoms with Gasteiger partial charge in [-0.15, -0.1) is 0 Å². The summed E-state index contributed by atoms with van der Waals surface area (Å²) in [5, 5.41) is 4.95. The summed E-state index contributed by atoms with van der Waals surface area (Å²) in [5.74, 6) is 0. The molecule has 0 aromatic heterocycles. The molecule has 0 bridgehead atoms. The van der Waals surface area contributed by atoms with Crippen molar-refractivity contribution in [3.8, 4) is 0 Å². The molecule has 0 amide bonds. The van der Waals surface area contributed by atoms with Gasteiger partial charge in [0.2, 0.25) is 0 Å². The van der Waals surface area contributed by atoms with Crippen molar-refractivity contribution in [3.05, 3.63) is 106 Å². The minimum absolute atomic E-state index is 0.195. The molecule has 1 heterocycles. The van der Waals surface area contributed by atoms with Crippen LogP contribution in [-0.2, 0) is 6.54 Å². The lowest BCUT2D eigenvalue weighted by molar-refractivity contribution is 0.162. The summed E-state index contributed by atoms with van der Waals surface area (Å²) in [7, 11) is 0. The first kappa shape index (κ1) is 20.4. The highest BCUT2D eigenvalue weighted by molar-refractivity contribution is 6.42. The van der Waals surface area contributed by atoms with Crippen LogP contribution in [0, 0.1) is 0 Å². The Balaban J connectivity index is 1.46. The highest BCUT2D eigenvalue weighted by atomic mass is 35.5. The minimum Gasteiger partial charge on any atom is -0.310 e. The largest absolute Gasteiger partial charge is 0.310 e. The second-order valence-electron chi connectivity index (χ2n) is 7.66. The van der Waals surface area contributed by atoms with Crippen molar-refractivity contribution in [2.24, 2.45) is 0 Å². The predicted octanol–water partition coefficient (Wildman–Crippen LogP) is 6.34. The summed E-state index contributed by atoms with van der Waals surface area (Å²) >= 11 is 12.5. The van der Waals surface area contributed by atoms with Crippen molar-refractivity contribution < 1.29 is 0 Å². The van der Waals surface area contributed by atoms with Gasteiger partial charge in [-0.3, -0.25) is 4.90 Å². The van der Waals surface area contributed by atoms with Crippen molar-refractivity contribution >= 4 is 23.2 Å². The number of likely N-dealkylation sites (tertiary alicyclic amines) is 1. The SMILES string of the molecule is Clc1ccc(C(c2ccccc2)N2CCC(NCc3ccccc3)CC2)cc1Cl. The number of halogens is 2. The van der Waals surface area contributed by atoms with Crippen molar-refractivity contribution in [2.45, 2.75) is 31.5 Å². The summed E-state index contributed by atoms with van der Waals surface area (Å²) in [4.78, 5) is 2.57. The van der Waals surface area contributed by atoms with E-state index in [2.05, 4.69) is 76.9 Å². The Labute approximate surface area is 183 Å². The first-order valence-electron chi connectivity index (χ1n) is 10.2.